The molecule has 0 unspecified atom stereocenters. The molecule has 6 heteroatoms. The topological polar surface area (TPSA) is 41.1 Å². The monoisotopic (exact) mass is 336 g/mol. The molecule has 0 aliphatic carbocycles. The highest BCUT2D eigenvalue weighted by Gasteiger charge is 2.12. The van der Waals surface area contributed by atoms with Crippen molar-refractivity contribution in [3.8, 4) is 0 Å². The van der Waals surface area contributed by atoms with Gasteiger partial charge in [0.15, 0.2) is 5.16 Å². The molecular weight excluding hydrogens is 312 g/mol. The summed E-state index contributed by atoms with van der Waals surface area (Å²) in [6.45, 7) is 10.1. The van der Waals surface area contributed by atoms with E-state index in [1.807, 2.05) is 12.5 Å². The summed E-state index contributed by atoms with van der Waals surface area (Å²) in [4.78, 5) is 12.8. The molecule has 0 saturated carbocycles. The first kappa shape index (κ1) is 17.2. The van der Waals surface area contributed by atoms with Gasteiger partial charge in [0, 0.05) is 42.8 Å². The van der Waals surface area contributed by atoms with Crippen LogP contribution >= 0.6 is 23.1 Å². The number of thioether (sulfide) groups is 1. The van der Waals surface area contributed by atoms with Crippen molar-refractivity contribution >= 4 is 28.9 Å². The molecule has 0 saturated heterocycles. The van der Waals surface area contributed by atoms with E-state index in [0.29, 0.717) is 0 Å². The van der Waals surface area contributed by atoms with E-state index in [1.54, 1.807) is 23.1 Å². The van der Waals surface area contributed by atoms with Gasteiger partial charge in [-0.15, -0.1) is 11.3 Å². The Morgan fingerprint density at radius 1 is 1.27 bits per heavy atom. The molecule has 2 heterocycles. The number of rotatable bonds is 8. The summed E-state index contributed by atoms with van der Waals surface area (Å²) in [7, 11) is 0. The van der Waals surface area contributed by atoms with Crippen LogP contribution in [0.15, 0.2) is 22.8 Å². The van der Waals surface area contributed by atoms with Gasteiger partial charge in [-0.2, -0.15) is 0 Å². The maximum absolute atomic E-state index is 4.71. The van der Waals surface area contributed by atoms with E-state index >= 15 is 0 Å². The molecule has 0 aliphatic rings. The van der Waals surface area contributed by atoms with Crippen LogP contribution in [0, 0.1) is 6.92 Å². The predicted molar refractivity (Wildman–Crippen MR) is 97.0 cm³/mol. The predicted octanol–water partition coefficient (Wildman–Crippen LogP) is 3.70. The summed E-state index contributed by atoms with van der Waals surface area (Å²) < 4.78 is 0. The smallest absolute Gasteiger partial charge is 0.189 e. The number of nitrogens with one attached hydrogen (secondary N) is 1. The van der Waals surface area contributed by atoms with E-state index in [9.17, 15) is 0 Å². The summed E-state index contributed by atoms with van der Waals surface area (Å²) >= 11 is 3.39. The van der Waals surface area contributed by atoms with Gasteiger partial charge >= 0.3 is 0 Å². The third-order valence-corrected chi connectivity index (χ3v) is 5.22. The number of nitrogens with zero attached hydrogens (tertiary/aromatic N) is 3. The molecule has 22 heavy (non-hydrogen) atoms. The lowest BCUT2D eigenvalue weighted by molar-refractivity contribution is 0.683. The lowest BCUT2D eigenvalue weighted by Gasteiger charge is -2.23. The van der Waals surface area contributed by atoms with Gasteiger partial charge in [0.25, 0.3) is 0 Å². The van der Waals surface area contributed by atoms with E-state index in [0.717, 1.165) is 42.7 Å². The van der Waals surface area contributed by atoms with E-state index in [2.05, 4.69) is 47.4 Å². The zero-order valence-corrected chi connectivity index (χ0v) is 15.4. The first-order valence-corrected chi connectivity index (χ1v) is 9.68. The van der Waals surface area contributed by atoms with Crippen molar-refractivity contribution in [2.24, 2.45) is 0 Å². The third-order valence-electron chi connectivity index (χ3n) is 3.63. The Bertz CT molecular complexity index is 594. The van der Waals surface area contributed by atoms with Crippen LogP contribution in [0.1, 0.15) is 29.9 Å². The van der Waals surface area contributed by atoms with Crippen molar-refractivity contribution in [2.45, 2.75) is 39.0 Å². The van der Waals surface area contributed by atoms with Crippen molar-refractivity contribution in [3.63, 3.8) is 0 Å². The minimum atomic E-state index is 0.790. The first-order valence-electron chi connectivity index (χ1n) is 7.58. The highest BCUT2D eigenvalue weighted by atomic mass is 32.2. The normalized spacial score (nSPS) is 10.9. The Morgan fingerprint density at radius 3 is 2.64 bits per heavy atom. The highest BCUT2D eigenvalue weighted by molar-refractivity contribution is 7.98. The van der Waals surface area contributed by atoms with E-state index in [-0.39, 0.29) is 0 Å². The number of hydrogen-bond donors (Lipinski definition) is 1. The maximum atomic E-state index is 4.71. The average molecular weight is 337 g/mol. The maximum Gasteiger partial charge on any atom is 0.189 e. The van der Waals surface area contributed by atoms with Gasteiger partial charge in [-0.05, 0) is 44.0 Å². The number of aromatic nitrogens is 2. The lowest BCUT2D eigenvalue weighted by atomic mass is 10.2. The Labute approximate surface area is 141 Å². The number of anilines is 1. The molecule has 0 radical (unpaired) electrons. The summed E-state index contributed by atoms with van der Waals surface area (Å²) in [5.41, 5.74) is 2.52. The highest BCUT2D eigenvalue weighted by Crippen LogP contribution is 2.21. The number of aryl methyl sites for hydroxylation is 1. The minimum Gasteiger partial charge on any atom is -0.357 e. The zero-order chi connectivity index (χ0) is 15.9. The second-order valence-corrected chi connectivity index (χ2v) is 6.78. The lowest BCUT2D eigenvalue weighted by Crippen LogP contribution is -2.26. The zero-order valence-electron chi connectivity index (χ0n) is 13.7. The molecule has 2 aromatic rings. The Kier molecular flexibility index (Phi) is 6.67. The van der Waals surface area contributed by atoms with Crippen LogP contribution in [0.4, 0.5) is 5.82 Å². The molecule has 0 atom stereocenters. The van der Waals surface area contributed by atoms with Crippen LogP contribution in [0.25, 0.3) is 0 Å². The second-order valence-electron chi connectivity index (χ2n) is 5.01. The standard InChI is InChI=1S/C16H24N4S2/c1-5-20(6-2)15-13(10-18-16(19-15)21-4)9-17-11-14-12(3)7-8-22-14/h7-8,10,17H,5-6,9,11H2,1-4H3. The minimum absolute atomic E-state index is 0.790. The van der Waals surface area contributed by atoms with E-state index in [4.69, 9.17) is 4.98 Å². The summed E-state index contributed by atoms with van der Waals surface area (Å²) in [5.74, 6) is 1.06. The largest absolute Gasteiger partial charge is 0.357 e. The summed E-state index contributed by atoms with van der Waals surface area (Å²) in [6, 6.07) is 2.17. The van der Waals surface area contributed by atoms with Crippen molar-refractivity contribution in [1.82, 2.24) is 15.3 Å². The molecule has 0 amide bonds. The SMILES string of the molecule is CCN(CC)c1nc(SC)ncc1CNCc1sccc1C. The van der Waals surface area contributed by atoms with Crippen LogP contribution in [-0.4, -0.2) is 29.3 Å². The van der Waals surface area contributed by atoms with Crippen LogP contribution < -0.4 is 10.2 Å². The van der Waals surface area contributed by atoms with Crippen molar-refractivity contribution in [3.05, 3.63) is 33.6 Å². The quantitative estimate of drug-likeness (QED) is 0.588. The van der Waals surface area contributed by atoms with Crippen LogP contribution in [0.3, 0.4) is 0 Å². The molecule has 0 spiro atoms. The van der Waals surface area contributed by atoms with Crippen LogP contribution in [0.2, 0.25) is 0 Å². The van der Waals surface area contributed by atoms with Gasteiger partial charge in [-0.3, -0.25) is 0 Å². The second kappa shape index (κ2) is 8.50. The molecule has 1 N–H and O–H groups in total. The van der Waals surface area contributed by atoms with Gasteiger partial charge < -0.3 is 10.2 Å². The van der Waals surface area contributed by atoms with E-state index < -0.39 is 0 Å². The molecule has 0 aliphatic heterocycles. The van der Waals surface area contributed by atoms with Gasteiger partial charge in [0.1, 0.15) is 5.82 Å². The third kappa shape index (κ3) is 4.21. The van der Waals surface area contributed by atoms with E-state index in [1.165, 1.54) is 10.4 Å². The fraction of sp³-hybridized carbons (Fsp3) is 0.500. The van der Waals surface area contributed by atoms with Gasteiger partial charge in [0.05, 0.1) is 0 Å². The van der Waals surface area contributed by atoms with Crippen LogP contribution in [-0.2, 0) is 13.1 Å². The molecule has 120 valence electrons. The van der Waals surface area contributed by atoms with Gasteiger partial charge in [-0.25, -0.2) is 9.97 Å². The molecular formula is C16H24N4S2. The van der Waals surface area contributed by atoms with Gasteiger partial charge in [-0.1, -0.05) is 11.8 Å². The number of thiophene rings is 1. The molecule has 0 fully saturated rings. The van der Waals surface area contributed by atoms with Crippen molar-refractivity contribution < 1.29 is 0 Å². The molecule has 0 bridgehead atoms. The molecule has 2 aromatic heterocycles. The fourth-order valence-corrected chi connectivity index (χ4v) is 3.51. The van der Waals surface area contributed by atoms with Crippen molar-refractivity contribution in [1.29, 1.82) is 0 Å². The van der Waals surface area contributed by atoms with Crippen LogP contribution in [0.5, 0.6) is 0 Å². The summed E-state index contributed by atoms with van der Waals surface area (Å²) in [6.07, 6.45) is 3.97. The summed E-state index contributed by atoms with van der Waals surface area (Å²) in [5, 5.41) is 6.50. The molecule has 2 rings (SSSR count). The number of hydrogen-bond acceptors (Lipinski definition) is 6. The Morgan fingerprint density at radius 2 is 2.05 bits per heavy atom. The Hall–Kier alpha value is -1.11. The van der Waals surface area contributed by atoms with Crippen molar-refractivity contribution in [2.75, 3.05) is 24.2 Å². The van der Waals surface area contributed by atoms with Gasteiger partial charge in [0.2, 0.25) is 0 Å². The first-order chi connectivity index (χ1) is 10.7. The molecule has 0 aromatic carbocycles. The molecule has 4 nitrogen and oxygen atoms in total. The average Bonchev–Trinajstić information content (AvgIpc) is 2.95. The Balaban J connectivity index is 2.10. The fourth-order valence-electron chi connectivity index (χ4n) is 2.30.